The number of hydrogen-bond donors (Lipinski definition) is 2. The Morgan fingerprint density at radius 3 is 2.67 bits per heavy atom. The number of rotatable bonds is 5. The second-order valence-electron chi connectivity index (χ2n) is 5.73. The van der Waals surface area contributed by atoms with Gasteiger partial charge < -0.3 is 16.0 Å². The molecule has 3 N–H and O–H groups in total. The molecule has 1 aromatic rings. The van der Waals surface area contributed by atoms with Crippen LogP contribution in [-0.2, 0) is 11.3 Å². The summed E-state index contributed by atoms with van der Waals surface area (Å²) in [6, 6.07) is 8.24. The smallest absolute Gasteiger partial charge is 0.238 e. The first-order valence-electron chi connectivity index (χ1n) is 7.63. The number of piperazine rings is 1. The van der Waals surface area contributed by atoms with Crippen LogP contribution in [-0.4, -0.2) is 55.0 Å². The van der Waals surface area contributed by atoms with E-state index in [0.29, 0.717) is 19.1 Å². The molecule has 1 amide bonds. The summed E-state index contributed by atoms with van der Waals surface area (Å²) < 4.78 is 0. The summed E-state index contributed by atoms with van der Waals surface area (Å²) in [6.45, 7) is 6.12. The zero-order valence-corrected chi connectivity index (χ0v) is 13.0. The number of anilines is 1. The Kier molecular flexibility index (Phi) is 5.73. The summed E-state index contributed by atoms with van der Waals surface area (Å²) in [5.74, 6) is 0.0508. The van der Waals surface area contributed by atoms with E-state index >= 15 is 0 Å². The molecule has 0 aromatic heterocycles. The molecule has 1 atom stereocenters. The summed E-state index contributed by atoms with van der Waals surface area (Å²) in [6.07, 6.45) is 1.12. The maximum absolute atomic E-state index is 12.1. The lowest BCUT2D eigenvalue weighted by Gasteiger charge is -2.38. The van der Waals surface area contributed by atoms with Gasteiger partial charge in [0.05, 0.1) is 6.54 Å². The van der Waals surface area contributed by atoms with Crippen molar-refractivity contribution < 1.29 is 4.79 Å². The molecule has 1 heterocycles. The molecule has 1 unspecified atom stereocenters. The number of carbonyl (C=O) groups excluding carboxylic acids is 1. The standard InChI is InChI=1S/C16H26N4O/c1-3-15-11-20(9-8-19(15)2)12-16(21)18-14-6-4-13(10-17)5-7-14/h4-7,15H,3,8-12,17H2,1-2H3,(H,18,21). The number of amides is 1. The van der Waals surface area contributed by atoms with Gasteiger partial charge in [-0.1, -0.05) is 19.1 Å². The summed E-state index contributed by atoms with van der Waals surface area (Å²) in [5.41, 5.74) is 7.46. The quantitative estimate of drug-likeness (QED) is 0.853. The van der Waals surface area contributed by atoms with Crippen LogP contribution in [0.2, 0.25) is 0 Å². The van der Waals surface area contributed by atoms with Gasteiger partial charge in [0, 0.05) is 37.9 Å². The first kappa shape index (κ1) is 15.9. The monoisotopic (exact) mass is 290 g/mol. The van der Waals surface area contributed by atoms with Gasteiger partial charge in [0.1, 0.15) is 0 Å². The highest BCUT2D eigenvalue weighted by atomic mass is 16.2. The fourth-order valence-electron chi connectivity index (χ4n) is 2.72. The molecule has 116 valence electrons. The summed E-state index contributed by atoms with van der Waals surface area (Å²) in [5, 5.41) is 2.95. The van der Waals surface area contributed by atoms with E-state index in [-0.39, 0.29) is 5.91 Å². The van der Waals surface area contributed by atoms with Crippen LogP contribution in [0, 0.1) is 0 Å². The van der Waals surface area contributed by atoms with Crippen LogP contribution in [0.5, 0.6) is 0 Å². The molecule has 1 aliphatic rings. The molecular weight excluding hydrogens is 264 g/mol. The fraction of sp³-hybridized carbons (Fsp3) is 0.562. The molecule has 1 saturated heterocycles. The minimum Gasteiger partial charge on any atom is -0.326 e. The van der Waals surface area contributed by atoms with Gasteiger partial charge in [0.25, 0.3) is 0 Å². The number of nitrogens with zero attached hydrogens (tertiary/aromatic N) is 2. The SMILES string of the molecule is CCC1CN(CC(=O)Nc2ccc(CN)cc2)CCN1C. The molecule has 1 aromatic carbocycles. The number of benzene rings is 1. The molecule has 2 rings (SSSR count). The third-order valence-corrected chi connectivity index (χ3v) is 4.17. The van der Waals surface area contributed by atoms with Crippen molar-refractivity contribution >= 4 is 11.6 Å². The highest BCUT2D eigenvalue weighted by molar-refractivity contribution is 5.92. The first-order chi connectivity index (χ1) is 10.1. The van der Waals surface area contributed by atoms with Crippen molar-refractivity contribution in [2.45, 2.75) is 25.9 Å². The zero-order chi connectivity index (χ0) is 15.2. The van der Waals surface area contributed by atoms with Crippen LogP contribution in [0.25, 0.3) is 0 Å². The highest BCUT2D eigenvalue weighted by Crippen LogP contribution is 2.12. The van der Waals surface area contributed by atoms with Crippen LogP contribution >= 0.6 is 0 Å². The molecular formula is C16H26N4O. The van der Waals surface area contributed by atoms with Gasteiger partial charge in [0.15, 0.2) is 0 Å². The van der Waals surface area contributed by atoms with Gasteiger partial charge in [0.2, 0.25) is 5.91 Å². The van der Waals surface area contributed by atoms with Crippen LogP contribution in [0.3, 0.4) is 0 Å². The molecule has 21 heavy (non-hydrogen) atoms. The van der Waals surface area contributed by atoms with Gasteiger partial charge >= 0.3 is 0 Å². The van der Waals surface area contributed by atoms with E-state index in [1.54, 1.807) is 0 Å². The average Bonchev–Trinajstić information content (AvgIpc) is 2.50. The van der Waals surface area contributed by atoms with Crippen LogP contribution in [0.1, 0.15) is 18.9 Å². The third kappa shape index (κ3) is 4.52. The van der Waals surface area contributed by atoms with E-state index in [0.717, 1.165) is 37.3 Å². The van der Waals surface area contributed by atoms with Crippen molar-refractivity contribution in [1.82, 2.24) is 9.80 Å². The van der Waals surface area contributed by atoms with E-state index in [1.807, 2.05) is 24.3 Å². The van der Waals surface area contributed by atoms with Crippen LogP contribution in [0.15, 0.2) is 24.3 Å². The largest absolute Gasteiger partial charge is 0.326 e. The molecule has 1 aliphatic heterocycles. The van der Waals surface area contributed by atoms with Crippen molar-refractivity contribution in [2.24, 2.45) is 5.73 Å². The van der Waals surface area contributed by atoms with Gasteiger partial charge in [-0.15, -0.1) is 0 Å². The predicted octanol–water partition coefficient (Wildman–Crippen LogP) is 1.11. The number of nitrogens with one attached hydrogen (secondary N) is 1. The minimum atomic E-state index is 0.0508. The molecule has 0 radical (unpaired) electrons. The van der Waals surface area contributed by atoms with Crippen LogP contribution in [0.4, 0.5) is 5.69 Å². The zero-order valence-electron chi connectivity index (χ0n) is 13.0. The molecule has 0 spiro atoms. The molecule has 1 fully saturated rings. The number of hydrogen-bond acceptors (Lipinski definition) is 4. The maximum atomic E-state index is 12.1. The fourth-order valence-corrected chi connectivity index (χ4v) is 2.72. The van der Waals surface area contributed by atoms with Gasteiger partial charge in [-0.05, 0) is 31.2 Å². The van der Waals surface area contributed by atoms with Gasteiger partial charge in [-0.25, -0.2) is 0 Å². The van der Waals surface area contributed by atoms with Crippen molar-refractivity contribution in [2.75, 3.05) is 38.5 Å². The normalized spacial score (nSPS) is 20.4. The van der Waals surface area contributed by atoms with E-state index in [1.165, 1.54) is 0 Å². The van der Waals surface area contributed by atoms with E-state index < -0.39 is 0 Å². The Bertz CT molecular complexity index is 460. The van der Waals surface area contributed by atoms with Crippen molar-refractivity contribution in [1.29, 1.82) is 0 Å². The number of likely N-dealkylation sites (N-methyl/N-ethyl adjacent to an activating group) is 1. The topological polar surface area (TPSA) is 61.6 Å². The summed E-state index contributed by atoms with van der Waals surface area (Å²) in [4.78, 5) is 16.7. The van der Waals surface area contributed by atoms with Gasteiger partial charge in [-0.3, -0.25) is 9.69 Å². The molecule has 0 bridgehead atoms. The molecule has 0 aliphatic carbocycles. The Labute approximate surface area is 127 Å². The predicted molar refractivity (Wildman–Crippen MR) is 86.1 cm³/mol. The second kappa shape index (κ2) is 7.54. The first-order valence-corrected chi connectivity index (χ1v) is 7.63. The lowest BCUT2D eigenvalue weighted by Crippen LogP contribution is -2.52. The summed E-state index contributed by atoms with van der Waals surface area (Å²) >= 11 is 0. The highest BCUT2D eigenvalue weighted by Gasteiger charge is 2.23. The lowest BCUT2D eigenvalue weighted by atomic mass is 10.1. The van der Waals surface area contributed by atoms with Crippen LogP contribution < -0.4 is 11.1 Å². The van der Waals surface area contributed by atoms with E-state index in [2.05, 4.69) is 29.1 Å². The third-order valence-electron chi connectivity index (χ3n) is 4.17. The second-order valence-corrected chi connectivity index (χ2v) is 5.73. The van der Waals surface area contributed by atoms with Crippen molar-refractivity contribution in [3.8, 4) is 0 Å². The van der Waals surface area contributed by atoms with Crippen molar-refractivity contribution in [3.63, 3.8) is 0 Å². The number of nitrogens with two attached hydrogens (primary N) is 1. The maximum Gasteiger partial charge on any atom is 0.238 e. The Morgan fingerprint density at radius 1 is 1.33 bits per heavy atom. The Balaban J connectivity index is 1.83. The Morgan fingerprint density at radius 2 is 2.05 bits per heavy atom. The number of carbonyl (C=O) groups is 1. The summed E-state index contributed by atoms with van der Waals surface area (Å²) in [7, 11) is 2.16. The molecule has 5 heteroatoms. The van der Waals surface area contributed by atoms with Crippen molar-refractivity contribution in [3.05, 3.63) is 29.8 Å². The molecule has 5 nitrogen and oxygen atoms in total. The molecule has 0 saturated carbocycles. The lowest BCUT2D eigenvalue weighted by molar-refractivity contribution is -0.118. The van der Waals surface area contributed by atoms with E-state index in [9.17, 15) is 4.79 Å². The van der Waals surface area contributed by atoms with Gasteiger partial charge in [-0.2, -0.15) is 0 Å². The van der Waals surface area contributed by atoms with E-state index in [4.69, 9.17) is 5.73 Å². The Hall–Kier alpha value is -1.43. The average molecular weight is 290 g/mol. The minimum absolute atomic E-state index is 0.0508.